The molecule has 1 aromatic heterocycles. The zero-order valence-corrected chi connectivity index (χ0v) is 11.5. The van der Waals surface area contributed by atoms with E-state index in [9.17, 15) is 0 Å². The van der Waals surface area contributed by atoms with E-state index >= 15 is 0 Å². The average Bonchev–Trinajstić information content (AvgIpc) is 3.18. The fourth-order valence-electron chi connectivity index (χ4n) is 2.27. The standard InChI is InChI=1S/C14H23N3O/c1-10-13(15)6-7-14(16-10)17(8-9-18-3)11(2)12-4-5-12/h6-7,11-12H,4-5,8-9,15H2,1-3H3. The third-order valence-electron chi connectivity index (χ3n) is 3.74. The topological polar surface area (TPSA) is 51.4 Å². The number of aromatic nitrogens is 1. The molecule has 1 aliphatic carbocycles. The van der Waals surface area contributed by atoms with Crippen molar-refractivity contribution in [3.05, 3.63) is 17.8 Å². The van der Waals surface area contributed by atoms with Gasteiger partial charge in [-0.05, 0) is 44.7 Å². The second-order valence-electron chi connectivity index (χ2n) is 5.11. The molecule has 0 amide bonds. The monoisotopic (exact) mass is 249 g/mol. The molecule has 100 valence electrons. The van der Waals surface area contributed by atoms with Crippen molar-refractivity contribution in [2.24, 2.45) is 5.92 Å². The molecule has 0 aromatic carbocycles. The summed E-state index contributed by atoms with van der Waals surface area (Å²) >= 11 is 0. The van der Waals surface area contributed by atoms with Crippen LogP contribution in [-0.4, -0.2) is 31.3 Å². The van der Waals surface area contributed by atoms with Crippen LogP contribution in [-0.2, 0) is 4.74 Å². The number of pyridine rings is 1. The van der Waals surface area contributed by atoms with E-state index in [2.05, 4.69) is 16.8 Å². The number of aryl methyl sites for hydroxylation is 1. The molecule has 1 heterocycles. The molecule has 0 saturated heterocycles. The highest BCUT2D eigenvalue weighted by Gasteiger charge is 2.32. The van der Waals surface area contributed by atoms with Crippen LogP contribution in [0.25, 0.3) is 0 Å². The summed E-state index contributed by atoms with van der Waals surface area (Å²) in [6.45, 7) is 5.84. The van der Waals surface area contributed by atoms with E-state index < -0.39 is 0 Å². The maximum atomic E-state index is 5.83. The lowest BCUT2D eigenvalue weighted by Crippen LogP contribution is -2.38. The first-order valence-corrected chi connectivity index (χ1v) is 6.62. The van der Waals surface area contributed by atoms with Crippen LogP contribution in [0.5, 0.6) is 0 Å². The minimum atomic E-state index is 0.524. The summed E-state index contributed by atoms with van der Waals surface area (Å²) in [5.74, 6) is 1.82. The van der Waals surface area contributed by atoms with Crippen molar-refractivity contribution in [1.82, 2.24) is 4.98 Å². The van der Waals surface area contributed by atoms with Gasteiger partial charge in [-0.3, -0.25) is 0 Å². The summed E-state index contributed by atoms with van der Waals surface area (Å²) < 4.78 is 5.20. The molecule has 1 unspecified atom stereocenters. The van der Waals surface area contributed by atoms with Crippen molar-refractivity contribution in [3.63, 3.8) is 0 Å². The Bertz CT molecular complexity index is 404. The molecule has 0 aliphatic heterocycles. The first kappa shape index (κ1) is 13.1. The van der Waals surface area contributed by atoms with Gasteiger partial charge < -0.3 is 15.4 Å². The number of methoxy groups -OCH3 is 1. The molecular formula is C14H23N3O. The third-order valence-corrected chi connectivity index (χ3v) is 3.74. The second-order valence-corrected chi connectivity index (χ2v) is 5.11. The van der Waals surface area contributed by atoms with E-state index in [0.29, 0.717) is 6.04 Å². The van der Waals surface area contributed by atoms with Gasteiger partial charge in [-0.25, -0.2) is 4.98 Å². The van der Waals surface area contributed by atoms with E-state index in [-0.39, 0.29) is 0 Å². The van der Waals surface area contributed by atoms with Crippen molar-refractivity contribution >= 4 is 11.5 Å². The Hall–Kier alpha value is -1.29. The van der Waals surface area contributed by atoms with Gasteiger partial charge in [-0.1, -0.05) is 0 Å². The Balaban J connectivity index is 2.17. The van der Waals surface area contributed by atoms with Crippen LogP contribution in [0.3, 0.4) is 0 Å². The van der Waals surface area contributed by atoms with Gasteiger partial charge in [0, 0.05) is 19.7 Å². The van der Waals surface area contributed by atoms with E-state index in [0.717, 1.165) is 36.3 Å². The lowest BCUT2D eigenvalue weighted by atomic mass is 10.1. The SMILES string of the molecule is COCCN(c1ccc(N)c(C)n1)C(C)C1CC1. The first-order chi connectivity index (χ1) is 8.63. The van der Waals surface area contributed by atoms with Gasteiger partial charge in [0.25, 0.3) is 0 Å². The Labute approximate surface area is 109 Å². The Morgan fingerprint density at radius 2 is 2.22 bits per heavy atom. The number of hydrogen-bond acceptors (Lipinski definition) is 4. The van der Waals surface area contributed by atoms with Crippen LogP contribution < -0.4 is 10.6 Å². The fraction of sp³-hybridized carbons (Fsp3) is 0.643. The highest BCUT2D eigenvalue weighted by atomic mass is 16.5. The molecule has 2 rings (SSSR count). The summed E-state index contributed by atoms with van der Waals surface area (Å²) in [5.41, 5.74) is 7.49. The van der Waals surface area contributed by atoms with Crippen LogP contribution in [0.4, 0.5) is 11.5 Å². The van der Waals surface area contributed by atoms with Crippen molar-refractivity contribution < 1.29 is 4.74 Å². The Kier molecular flexibility index (Phi) is 4.07. The first-order valence-electron chi connectivity index (χ1n) is 6.62. The van der Waals surface area contributed by atoms with E-state index in [4.69, 9.17) is 10.5 Å². The van der Waals surface area contributed by atoms with Gasteiger partial charge in [0.05, 0.1) is 18.0 Å². The Morgan fingerprint density at radius 3 is 2.78 bits per heavy atom. The van der Waals surface area contributed by atoms with Gasteiger partial charge in [0.1, 0.15) is 5.82 Å². The summed E-state index contributed by atoms with van der Waals surface area (Å²) in [4.78, 5) is 6.94. The number of anilines is 2. The zero-order chi connectivity index (χ0) is 13.1. The number of nitrogen functional groups attached to an aromatic ring is 1. The van der Waals surface area contributed by atoms with Crippen LogP contribution in [0.1, 0.15) is 25.5 Å². The minimum absolute atomic E-state index is 0.524. The summed E-state index contributed by atoms with van der Waals surface area (Å²) in [7, 11) is 1.74. The van der Waals surface area contributed by atoms with Crippen molar-refractivity contribution in [1.29, 1.82) is 0 Å². The van der Waals surface area contributed by atoms with Crippen molar-refractivity contribution in [3.8, 4) is 0 Å². The second kappa shape index (κ2) is 5.57. The summed E-state index contributed by atoms with van der Waals surface area (Å²) in [5, 5.41) is 0. The van der Waals surface area contributed by atoms with Crippen LogP contribution in [0.15, 0.2) is 12.1 Å². The average molecular weight is 249 g/mol. The predicted molar refractivity (Wildman–Crippen MR) is 74.8 cm³/mol. The number of nitrogens with zero attached hydrogens (tertiary/aromatic N) is 2. The molecule has 1 aromatic rings. The molecule has 1 atom stereocenters. The van der Waals surface area contributed by atoms with Crippen molar-refractivity contribution in [2.45, 2.75) is 32.7 Å². The number of hydrogen-bond donors (Lipinski definition) is 1. The molecule has 2 N–H and O–H groups in total. The molecule has 4 heteroatoms. The van der Waals surface area contributed by atoms with Gasteiger partial charge >= 0.3 is 0 Å². The molecule has 18 heavy (non-hydrogen) atoms. The molecular weight excluding hydrogens is 226 g/mol. The third kappa shape index (κ3) is 2.93. The van der Waals surface area contributed by atoms with Gasteiger partial charge in [0.2, 0.25) is 0 Å². The maximum absolute atomic E-state index is 5.83. The maximum Gasteiger partial charge on any atom is 0.129 e. The minimum Gasteiger partial charge on any atom is -0.397 e. The Morgan fingerprint density at radius 1 is 1.50 bits per heavy atom. The summed E-state index contributed by atoms with van der Waals surface area (Å²) in [6, 6.07) is 4.48. The van der Waals surface area contributed by atoms with Crippen LogP contribution in [0.2, 0.25) is 0 Å². The van der Waals surface area contributed by atoms with Gasteiger partial charge in [-0.15, -0.1) is 0 Å². The van der Waals surface area contributed by atoms with Crippen LogP contribution >= 0.6 is 0 Å². The number of rotatable bonds is 6. The lowest BCUT2D eigenvalue weighted by molar-refractivity contribution is 0.202. The normalized spacial score (nSPS) is 16.6. The van der Waals surface area contributed by atoms with E-state index in [1.165, 1.54) is 12.8 Å². The zero-order valence-electron chi connectivity index (χ0n) is 11.5. The molecule has 1 aliphatic rings. The fourth-order valence-corrected chi connectivity index (χ4v) is 2.27. The molecule has 0 radical (unpaired) electrons. The van der Waals surface area contributed by atoms with Crippen molar-refractivity contribution in [2.75, 3.05) is 30.9 Å². The highest BCUT2D eigenvalue weighted by Crippen LogP contribution is 2.36. The summed E-state index contributed by atoms with van der Waals surface area (Å²) in [6.07, 6.45) is 2.66. The molecule has 4 nitrogen and oxygen atoms in total. The molecule has 0 bridgehead atoms. The largest absolute Gasteiger partial charge is 0.397 e. The predicted octanol–water partition coefficient (Wildman–Crippen LogP) is 2.22. The van der Waals surface area contributed by atoms with Gasteiger partial charge in [0.15, 0.2) is 0 Å². The van der Waals surface area contributed by atoms with Crippen LogP contribution in [0, 0.1) is 12.8 Å². The number of nitrogens with two attached hydrogens (primary N) is 1. The lowest BCUT2D eigenvalue weighted by Gasteiger charge is -2.30. The smallest absolute Gasteiger partial charge is 0.129 e. The van der Waals surface area contributed by atoms with Gasteiger partial charge in [-0.2, -0.15) is 0 Å². The quantitative estimate of drug-likeness (QED) is 0.840. The molecule has 1 saturated carbocycles. The van der Waals surface area contributed by atoms with E-state index in [1.54, 1.807) is 7.11 Å². The molecule has 0 spiro atoms. The number of ether oxygens (including phenoxy) is 1. The highest BCUT2D eigenvalue weighted by molar-refractivity contribution is 5.51. The van der Waals surface area contributed by atoms with E-state index in [1.807, 2.05) is 19.1 Å². The molecule has 1 fully saturated rings.